The van der Waals surface area contributed by atoms with Gasteiger partial charge in [0.1, 0.15) is 0 Å². The second kappa shape index (κ2) is 7.13. The maximum absolute atomic E-state index is 12.0. The van der Waals surface area contributed by atoms with Gasteiger partial charge in [0.05, 0.1) is 22.9 Å². The zero-order valence-electron chi connectivity index (χ0n) is 11.4. The zero-order valence-corrected chi connectivity index (χ0v) is 13.7. The molecule has 0 bridgehead atoms. The molecule has 112 valence electrons. The molecule has 2 rings (SSSR count). The molecular weight excluding hydrogens is 329 g/mol. The maximum Gasteiger partial charge on any atom is 0.238 e. The Morgan fingerprint density at radius 2 is 2.19 bits per heavy atom. The van der Waals surface area contributed by atoms with Gasteiger partial charge >= 0.3 is 0 Å². The molecule has 0 radical (unpaired) electrons. The highest BCUT2D eigenvalue weighted by molar-refractivity contribution is 7.09. The van der Waals surface area contributed by atoms with Gasteiger partial charge in [0.2, 0.25) is 5.91 Å². The molecule has 21 heavy (non-hydrogen) atoms. The Kier molecular flexibility index (Phi) is 5.47. The van der Waals surface area contributed by atoms with Gasteiger partial charge in [0, 0.05) is 16.4 Å². The largest absolute Gasteiger partial charge is 0.397 e. The third-order valence-electron chi connectivity index (χ3n) is 2.77. The number of amides is 1. The number of anilines is 2. The first kappa shape index (κ1) is 16.1. The first-order chi connectivity index (χ1) is 9.95. The van der Waals surface area contributed by atoms with Crippen LogP contribution >= 0.6 is 34.5 Å². The van der Waals surface area contributed by atoms with E-state index in [1.165, 1.54) is 4.88 Å². The van der Waals surface area contributed by atoms with Crippen LogP contribution in [0.3, 0.4) is 0 Å². The molecule has 0 aliphatic heterocycles. The Hall–Kier alpha value is -1.27. The van der Waals surface area contributed by atoms with E-state index in [0.29, 0.717) is 21.4 Å². The van der Waals surface area contributed by atoms with E-state index in [-0.39, 0.29) is 12.5 Å². The van der Waals surface area contributed by atoms with Crippen molar-refractivity contribution in [2.75, 3.05) is 24.6 Å². The van der Waals surface area contributed by atoms with Crippen molar-refractivity contribution in [3.05, 3.63) is 44.6 Å². The molecule has 4 nitrogen and oxygen atoms in total. The van der Waals surface area contributed by atoms with Gasteiger partial charge in [-0.15, -0.1) is 11.3 Å². The van der Waals surface area contributed by atoms with Crippen molar-refractivity contribution in [1.29, 1.82) is 0 Å². The lowest BCUT2D eigenvalue weighted by molar-refractivity contribution is -0.117. The number of likely N-dealkylation sites (N-methyl/N-ethyl adjacent to an activating group) is 1. The molecule has 1 amide bonds. The molecule has 7 heteroatoms. The van der Waals surface area contributed by atoms with Crippen molar-refractivity contribution in [2.24, 2.45) is 0 Å². The smallest absolute Gasteiger partial charge is 0.238 e. The number of thiophene rings is 1. The van der Waals surface area contributed by atoms with Crippen molar-refractivity contribution in [2.45, 2.75) is 6.54 Å². The molecule has 0 unspecified atom stereocenters. The first-order valence-electron chi connectivity index (χ1n) is 6.21. The van der Waals surface area contributed by atoms with Crippen molar-refractivity contribution in [3.8, 4) is 0 Å². The summed E-state index contributed by atoms with van der Waals surface area (Å²) in [6, 6.07) is 7.12. The monoisotopic (exact) mass is 343 g/mol. The minimum atomic E-state index is -0.176. The highest BCUT2D eigenvalue weighted by Gasteiger charge is 2.12. The number of hydrogen-bond donors (Lipinski definition) is 2. The minimum Gasteiger partial charge on any atom is -0.397 e. The van der Waals surface area contributed by atoms with Crippen LogP contribution in [-0.2, 0) is 11.3 Å². The number of nitrogen functional groups attached to an aromatic ring is 1. The van der Waals surface area contributed by atoms with Gasteiger partial charge in [0.25, 0.3) is 0 Å². The molecule has 0 saturated heterocycles. The topological polar surface area (TPSA) is 58.4 Å². The second-order valence-electron chi connectivity index (χ2n) is 4.65. The van der Waals surface area contributed by atoms with Crippen LogP contribution < -0.4 is 11.1 Å². The number of nitrogens with two attached hydrogens (primary N) is 1. The summed E-state index contributed by atoms with van der Waals surface area (Å²) in [6.45, 7) is 0.964. The van der Waals surface area contributed by atoms with Gasteiger partial charge in [-0.1, -0.05) is 29.3 Å². The summed E-state index contributed by atoms with van der Waals surface area (Å²) in [7, 11) is 1.88. The average molecular weight is 344 g/mol. The number of benzene rings is 1. The average Bonchev–Trinajstić information content (AvgIpc) is 2.86. The first-order valence-corrected chi connectivity index (χ1v) is 7.84. The number of carbonyl (C=O) groups excluding carboxylic acids is 1. The van der Waals surface area contributed by atoms with E-state index >= 15 is 0 Å². The fourth-order valence-corrected chi connectivity index (χ4v) is 3.21. The molecular formula is C14H15Cl2N3OS. The van der Waals surface area contributed by atoms with E-state index in [0.717, 1.165) is 6.54 Å². The van der Waals surface area contributed by atoms with Gasteiger partial charge in [0.15, 0.2) is 0 Å². The van der Waals surface area contributed by atoms with Crippen LogP contribution in [0.5, 0.6) is 0 Å². The van der Waals surface area contributed by atoms with E-state index in [9.17, 15) is 4.79 Å². The Bertz CT molecular complexity index is 608. The summed E-state index contributed by atoms with van der Waals surface area (Å²) in [5, 5.41) is 5.50. The summed E-state index contributed by atoms with van der Waals surface area (Å²) in [5.41, 5.74) is 6.56. The van der Waals surface area contributed by atoms with Crippen molar-refractivity contribution in [1.82, 2.24) is 4.90 Å². The van der Waals surface area contributed by atoms with Crippen LogP contribution in [0, 0.1) is 0 Å². The number of carbonyl (C=O) groups is 1. The minimum absolute atomic E-state index is 0.176. The molecule has 0 fully saturated rings. The Morgan fingerprint density at radius 1 is 1.43 bits per heavy atom. The van der Waals surface area contributed by atoms with Gasteiger partial charge in [-0.2, -0.15) is 0 Å². The van der Waals surface area contributed by atoms with Crippen molar-refractivity contribution < 1.29 is 4.79 Å². The van der Waals surface area contributed by atoms with E-state index in [2.05, 4.69) is 5.32 Å². The zero-order chi connectivity index (χ0) is 15.4. The summed E-state index contributed by atoms with van der Waals surface area (Å²) in [4.78, 5) is 15.2. The molecule has 3 N–H and O–H groups in total. The third kappa shape index (κ3) is 4.61. The third-order valence-corrected chi connectivity index (χ3v) is 4.15. The van der Waals surface area contributed by atoms with Crippen LogP contribution in [0.25, 0.3) is 0 Å². The molecule has 0 spiro atoms. The summed E-state index contributed by atoms with van der Waals surface area (Å²) < 4.78 is 0. The van der Waals surface area contributed by atoms with Gasteiger partial charge < -0.3 is 11.1 Å². The standard InChI is InChI=1S/C14H15Cl2N3OS/c1-19(7-10-3-2-4-21-10)8-13(20)18-14-11(16)5-9(15)6-12(14)17/h2-6H,7-8,17H2,1H3,(H,18,20). The molecule has 1 aromatic heterocycles. The lowest BCUT2D eigenvalue weighted by Crippen LogP contribution is -2.29. The number of nitrogens with zero attached hydrogens (tertiary/aromatic N) is 1. The molecule has 2 aromatic rings. The fraction of sp³-hybridized carbons (Fsp3) is 0.214. The molecule has 0 aliphatic carbocycles. The Labute approximate surface area is 137 Å². The van der Waals surface area contributed by atoms with E-state index in [4.69, 9.17) is 28.9 Å². The number of hydrogen-bond acceptors (Lipinski definition) is 4. The summed E-state index contributed by atoms with van der Waals surface area (Å²) in [5.74, 6) is -0.176. The van der Waals surface area contributed by atoms with E-state index < -0.39 is 0 Å². The summed E-state index contributed by atoms with van der Waals surface area (Å²) >= 11 is 13.5. The van der Waals surface area contributed by atoms with Crippen molar-refractivity contribution >= 4 is 51.8 Å². The van der Waals surface area contributed by atoms with Crippen LogP contribution in [0.4, 0.5) is 11.4 Å². The highest BCUT2D eigenvalue weighted by atomic mass is 35.5. The van der Waals surface area contributed by atoms with Gasteiger partial charge in [-0.25, -0.2) is 0 Å². The normalized spacial score (nSPS) is 10.9. The molecule has 1 aromatic carbocycles. The van der Waals surface area contributed by atoms with E-state index in [1.54, 1.807) is 23.5 Å². The summed E-state index contributed by atoms with van der Waals surface area (Å²) in [6.07, 6.45) is 0. The van der Waals surface area contributed by atoms with Crippen molar-refractivity contribution in [3.63, 3.8) is 0 Å². The molecule has 0 aliphatic rings. The number of rotatable bonds is 5. The molecule has 0 saturated carbocycles. The van der Waals surface area contributed by atoms with Gasteiger partial charge in [-0.05, 0) is 30.6 Å². The lowest BCUT2D eigenvalue weighted by atomic mass is 10.2. The molecule has 0 atom stereocenters. The molecule has 1 heterocycles. The van der Waals surface area contributed by atoms with E-state index in [1.807, 2.05) is 29.5 Å². The maximum atomic E-state index is 12.0. The number of halogens is 2. The quantitative estimate of drug-likeness (QED) is 0.813. The second-order valence-corrected chi connectivity index (χ2v) is 6.53. The predicted octanol–water partition coefficient (Wildman–Crippen LogP) is 3.71. The highest BCUT2D eigenvalue weighted by Crippen LogP contribution is 2.31. The number of nitrogens with one attached hydrogen (secondary N) is 1. The van der Waals surface area contributed by atoms with Gasteiger partial charge in [-0.3, -0.25) is 9.69 Å². The Balaban J connectivity index is 1.95. The van der Waals surface area contributed by atoms with Crippen LogP contribution in [-0.4, -0.2) is 24.4 Å². The lowest BCUT2D eigenvalue weighted by Gasteiger charge is -2.16. The Morgan fingerprint density at radius 3 is 2.81 bits per heavy atom. The van der Waals surface area contributed by atoms with Crippen LogP contribution in [0.2, 0.25) is 10.0 Å². The fourth-order valence-electron chi connectivity index (χ4n) is 1.87. The predicted molar refractivity (Wildman–Crippen MR) is 90.2 cm³/mol. The van der Waals surface area contributed by atoms with Crippen LogP contribution in [0.1, 0.15) is 4.88 Å². The van der Waals surface area contributed by atoms with Crippen LogP contribution in [0.15, 0.2) is 29.6 Å². The SMILES string of the molecule is CN(CC(=O)Nc1c(N)cc(Cl)cc1Cl)Cc1cccs1.